The van der Waals surface area contributed by atoms with E-state index >= 15 is 0 Å². The second-order valence-electron chi connectivity index (χ2n) is 10.7. The van der Waals surface area contributed by atoms with E-state index in [1.165, 1.54) is 30.5 Å². The van der Waals surface area contributed by atoms with Crippen molar-refractivity contribution < 1.29 is 22.7 Å². The average Bonchev–Trinajstić information content (AvgIpc) is 3.55. The van der Waals surface area contributed by atoms with Crippen LogP contribution >= 0.6 is 0 Å². The zero-order chi connectivity index (χ0) is 25.9. The lowest BCUT2D eigenvalue weighted by molar-refractivity contribution is -0.153. The smallest absolute Gasteiger partial charge is 0.422 e. The Balaban J connectivity index is 1.48. The van der Waals surface area contributed by atoms with Crippen LogP contribution in [0.3, 0.4) is 0 Å². The second kappa shape index (κ2) is 10.6. The normalized spacial score (nSPS) is 16.8. The summed E-state index contributed by atoms with van der Waals surface area (Å²) in [6.07, 6.45) is 1.08. The molecule has 3 N–H and O–H groups in total. The Morgan fingerprint density at radius 1 is 1.11 bits per heavy atom. The molecule has 2 aliphatic rings. The van der Waals surface area contributed by atoms with E-state index in [9.17, 15) is 18.0 Å². The summed E-state index contributed by atoms with van der Waals surface area (Å²) in [7, 11) is -1.41. The Bertz CT molecular complexity index is 1080. The van der Waals surface area contributed by atoms with Crippen LogP contribution in [0.2, 0.25) is 19.6 Å². The lowest BCUT2D eigenvalue weighted by atomic mass is 10.0. The maximum Gasteiger partial charge on any atom is 0.422 e. The van der Waals surface area contributed by atoms with Crippen molar-refractivity contribution in [2.24, 2.45) is 0 Å². The maximum absolute atomic E-state index is 13.0. The summed E-state index contributed by atoms with van der Waals surface area (Å²) in [6.45, 7) is 5.42. The molecule has 1 heterocycles. The Morgan fingerprint density at radius 3 is 2.36 bits per heavy atom. The Labute approximate surface area is 210 Å². The van der Waals surface area contributed by atoms with Crippen molar-refractivity contribution in [3.63, 3.8) is 0 Å². The van der Waals surface area contributed by atoms with Crippen molar-refractivity contribution >= 4 is 14.0 Å². The van der Waals surface area contributed by atoms with Gasteiger partial charge >= 0.3 is 6.18 Å². The number of carbonyl (C=O) groups excluding carboxylic acids is 1. The van der Waals surface area contributed by atoms with Crippen molar-refractivity contribution in [1.82, 2.24) is 21.3 Å². The maximum atomic E-state index is 13.0. The third-order valence-corrected chi connectivity index (χ3v) is 7.20. The first-order valence-electron chi connectivity index (χ1n) is 12.1. The summed E-state index contributed by atoms with van der Waals surface area (Å²) in [6, 6.07) is 14.0. The van der Waals surface area contributed by atoms with E-state index < -0.39 is 26.9 Å². The van der Waals surface area contributed by atoms with Crippen LogP contribution < -0.4 is 21.0 Å². The van der Waals surface area contributed by atoms with Gasteiger partial charge in [-0.25, -0.2) is 0 Å². The van der Waals surface area contributed by atoms with E-state index in [4.69, 9.17) is 4.74 Å². The van der Waals surface area contributed by atoms with Gasteiger partial charge in [-0.1, -0.05) is 56.0 Å². The summed E-state index contributed by atoms with van der Waals surface area (Å²) < 4.78 is 42.3. The zero-order valence-electron chi connectivity index (χ0n) is 20.8. The van der Waals surface area contributed by atoms with Gasteiger partial charge in [0.25, 0.3) is 0 Å². The summed E-state index contributed by atoms with van der Waals surface area (Å²) >= 11 is 0. The van der Waals surface area contributed by atoms with Gasteiger partial charge in [0.1, 0.15) is 5.75 Å². The molecular weight excluding hydrogens is 485 g/mol. The quantitative estimate of drug-likeness (QED) is 0.389. The van der Waals surface area contributed by atoms with Gasteiger partial charge in [0.05, 0.1) is 26.2 Å². The fourth-order valence-electron chi connectivity index (χ4n) is 4.10. The van der Waals surface area contributed by atoms with Crippen molar-refractivity contribution in [3.05, 3.63) is 77.1 Å². The molecule has 194 valence electrons. The van der Waals surface area contributed by atoms with Gasteiger partial charge in [0, 0.05) is 12.4 Å². The van der Waals surface area contributed by atoms with Crippen LogP contribution in [0.25, 0.3) is 0 Å². The van der Waals surface area contributed by atoms with E-state index in [0.29, 0.717) is 5.92 Å². The minimum atomic E-state index is -4.41. The number of alkyl halides is 3. The van der Waals surface area contributed by atoms with Crippen LogP contribution in [0.4, 0.5) is 13.2 Å². The van der Waals surface area contributed by atoms with Crippen LogP contribution in [0, 0.1) is 0 Å². The number of hydrogen-bond donors (Lipinski definition) is 3. The first-order valence-corrected chi connectivity index (χ1v) is 15.8. The van der Waals surface area contributed by atoms with Gasteiger partial charge < -0.3 is 15.5 Å². The highest BCUT2D eigenvalue weighted by atomic mass is 28.3. The first kappa shape index (κ1) is 26.1. The lowest BCUT2D eigenvalue weighted by Crippen LogP contribution is -2.45. The lowest BCUT2D eigenvalue weighted by Gasteiger charge is -2.23. The molecule has 1 atom stereocenters. The van der Waals surface area contributed by atoms with Gasteiger partial charge in [-0.05, 0) is 47.6 Å². The highest BCUT2D eigenvalue weighted by Crippen LogP contribution is 2.39. The van der Waals surface area contributed by atoms with Crippen molar-refractivity contribution in [2.45, 2.75) is 57.0 Å². The predicted molar refractivity (Wildman–Crippen MR) is 135 cm³/mol. The number of halogens is 3. The van der Waals surface area contributed by atoms with E-state index in [2.05, 4.69) is 48.1 Å². The van der Waals surface area contributed by atoms with Crippen LogP contribution in [0.5, 0.6) is 5.75 Å². The summed E-state index contributed by atoms with van der Waals surface area (Å²) in [4.78, 5) is 13.0. The number of nitrogens with zero attached hydrogens (tertiary/aromatic N) is 1. The Hall–Kier alpha value is -2.98. The van der Waals surface area contributed by atoms with E-state index in [-0.39, 0.29) is 18.1 Å². The Morgan fingerprint density at radius 2 is 1.78 bits per heavy atom. The summed E-state index contributed by atoms with van der Waals surface area (Å²) in [5, 5.41) is 5.06. The van der Waals surface area contributed by atoms with Crippen LogP contribution in [-0.2, 0) is 11.2 Å². The molecule has 36 heavy (non-hydrogen) atoms. The van der Waals surface area contributed by atoms with Crippen molar-refractivity contribution in [2.75, 3.05) is 12.8 Å². The molecule has 1 aliphatic heterocycles. The number of amides is 1. The zero-order valence-corrected chi connectivity index (χ0v) is 21.8. The number of hydrogen-bond acceptors (Lipinski definition) is 5. The number of benzene rings is 2. The fraction of sp³-hybridized carbons (Fsp3) is 0.423. The molecule has 0 spiro atoms. The molecule has 10 heteroatoms. The van der Waals surface area contributed by atoms with Crippen LogP contribution in [0.1, 0.15) is 41.5 Å². The third kappa shape index (κ3) is 7.76. The highest BCUT2D eigenvalue weighted by Gasteiger charge is 2.29. The molecule has 4 rings (SSSR count). The van der Waals surface area contributed by atoms with Gasteiger partial charge in [-0.2, -0.15) is 13.2 Å². The average molecular weight is 519 g/mol. The molecule has 1 aliphatic carbocycles. The van der Waals surface area contributed by atoms with Gasteiger partial charge in [-0.3, -0.25) is 9.80 Å². The van der Waals surface area contributed by atoms with E-state index in [1.807, 2.05) is 23.3 Å². The SMILES string of the molecule is C[Si](C)(C)CN1C=C([C@@H](NC(=O)Cc2ccc(C3CC3)cc2)c2ccc(OCC(F)(F)F)cc2)NN1. The molecule has 0 saturated heterocycles. The number of carbonyl (C=O) groups is 1. The molecule has 0 aromatic heterocycles. The van der Waals surface area contributed by atoms with Crippen LogP contribution in [-0.4, -0.2) is 37.9 Å². The Kier molecular flexibility index (Phi) is 7.65. The molecule has 0 unspecified atom stereocenters. The molecule has 0 bridgehead atoms. The third-order valence-electron chi connectivity index (χ3n) is 5.91. The molecule has 6 nitrogen and oxygen atoms in total. The summed E-state index contributed by atoms with van der Waals surface area (Å²) in [5.41, 5.74) is 10.00. The molecule has 1 amide bonds. The number of hydrazine groups is 2. The number of rotatable bonds is 10. The van der Waals surface area contributed by atoms with Crippen LogP contribution in [0.15, 0.2) is 60.4 Å². The number of ether oxygens (including phenoxy) is 1. The number of nitrogens with one attached hydrogen (secondary N) is 3. The molecule has 2 aromatic rings. The molecule has 1 fully saturated rings. The largest absolute Gasteiger partial charge is 0.484 e. The van der Waals surface area contributed by atoms with Crippen molar-refractivity contribution in [1.29, 1.82) is 0 Å². The monoisotopic (exact) mass is 518 g/mol. The predicted octanol–water partition coefficient (Wildman–Crippen LogP) is 4.95. The first-order chi connectivity index (χ1) is 16.9. The van der Waals surface area contributed by atoms with Gasteiger partial charge in [0.2, 0.25) is 5.91 Å². The second-order valence-corrected chi connectivity index (χ2v) is 16.1. The minimum absolute atomic E-state index is 0.115. The fourth-order valence-corrected chi connectivity index (χ4v) is 5.29. The van der Waals surface area contributed by atoms with Gasteiger partial charge in [0.15, 0.2) is 6.61 Å². The standard InChI is InChI=1S/C26H33F3N4O2Si/c1-36(2,3)17-33-15-23(31-32-33)25(21-10-12-22(13-11-21)35-16-26(27,28)29)30-24(34)14-18-4-6-19(7-5-18)20-8-9-20/h4-7,10-13,15,20,25,31-32H,8-9,14,16-17H2,1-3H3,(H,30,34)/t25-/m0/s1. The minimum Gasteiger partial charge on any atom is -0.484 e. The molecular formula is C26H33F3N4O2Si. The molecule has 1 saturated carbocycles. The molecule has 0 radical (unpaired) electrons. The topological polar surface area (TPSA) is 65.6 Å². The van der Waals surface area contributed by atoms with E-state index in [1.54, 1.807) is 12.1 Å². The molecule has 2 aromatic carbocycles. The summed E-state index contributed by atoms with van der Waals surface area (Å²) in [5.74, 6) is 0.624. The van der Waals surface area contributed by atoms with E-state index in [0.717, 1.165) is 23.0 Å². The van der Waals surface area contributed by atoms with Crippen molar-refractivity contribution in [3.8, 4) is 5.75 Å². The van der Waals surface area contributed by atoms with Gasteiger partial charge in [-0.15, -0.1) is 5.53 Å². The highest BCUT2D eigenvalue weighted by molar-refractivity contribution is 6.76.